The Labute approximate surface area is 175 Å². The molecular formula is C21H24FN3O4S. The SMILES string of the molecule is CC(=O)Nc1ccc(S(=O)(=O)NCC2CCN(C(=O)c3ccccc3F)CC2)cc1. The number of benzene rings is 2. The Morgan fingerprint density at radius 2 is 1.70 bits per heavy atom. The predicted molar refractivity (Wildman–Crippen MR) is 111 cm³/mol. The molecule has 1 aliphatic rings. The van der Waals surface area contributed by atoms with Crippen LogP contribution in [-0.4, -0.2) is 44.8 Å². The minimum absolute atomic E-state index is 0.0550. The van der Waals surface area contributed by atoms with E-state index in [9.17, 15) is 22.4 Å². The van der Waals surface area contributed by atoms with E-state index in [1.54, 1.807) is 11.0 Å². The lowest BCUT2D eigenvalue weighted by Crippen LogP contribution is -2.41. The minimum atomic E-state index is -3.68. The Kier molecular flexibility index (Phi) is 6.84. The van der Waals surface area contributed by atoms with Gasteiger partial charge in [0.15, 0.2) is 0 Å². The average Bonchev–Trinajstić information content (AvgIpc) is 2.72. The highest BCUT2D eigenvalue weighted by Crippen LogP contribution is 2.21. The average molecular weight is 434 g/mol. The highest BCUT2D eigenvalue weighted by molar-refractivity contribution is 7.89. The van der Waals surface area contributed by atoms with Crippen LogP contribution in [-0.2, 0) is 14.8 Å². The zero-order valence-corrected chi connectivity index (χ0v) is 17.4. The van der Waals surface area contributed by atoms with Gasteiger partial charge in [0.2, 0.25) is 15.9 Å². The van der Waals surface area contributed by atoms with Gasteiger partial charge < -0.3 is 10.2 Å². The highest BCUT2D eigenvalue weighted by Gasteiger charge is 2.26. The summed E-state index contributed by atoms with van der Waals surface area (Å²) in [6.07, 6.45) is 1.26. The van der Waals surface area contributed by atoms with Gasteiger partial charge in [-0.05, 0) is 55.2 Å². The molecule has 160 valence electrons. The molecule has 3 rings (SSSR count). The number of rotatable bonds is 6. The molecule has 1 heterocycles. The first-order chi connectivity index (χ1) is 14.3. The topological polar surface area (TPSA) is 95.6 Å². The van der Waals surface area contributed by atoms with Gasteiger partial charge in [0.1, 0.15) is 5.82 Å². The molecular weight excluding hydrogens is 409 g/mol. The Morgan fingerprint density at radius 3 is 2.30 bits per heavy atom. The van der Waals surface area contributed by atoms with Gasteiger partial charge in [-0.1, -0.05) is 12.1 Å². The van der Waals surface area contributed by atoms with E-state index in [4.69, 9.17) is 0 Å². The first kappa shape index (κ1) is 21.9. The third kappa shape index (κ3) is 5.43. The summed E-state index contributed by atoms with van der Waals surface area (Å²) < 4.78 is 41.4. The van der Waals surface area contributed by atoms with Gasteiger partial charge in [-0.15, -0.1) is 0 Å². The molecule has 2 aromatic rings. The molecule has 0 radical (unpaired) electrons. The van der Waals surface area contributed by atoms with Crippen molar-refractivity contribution < 1.29 is 22.4 Å². The van der Waals surface area contributed by atoms with E-state index in [1.165, 1.54) is 49.4 Å². The number of hydrogen-bond donors (Lipinski definition) is 2. The van der Waals surface area contributed by atoms with E-state index in [2.05, 4.69) is 10.0 Å². The maximum Gasteiger partial charge on any atom is 0.256 e. The van der Waals surface area contributed by atoms with Crippen LogP contribution in [0.25, 0.3) is 0 Å². The number of hydrogen-bond acceptors (Lipinski definition) is 4. The first-order valence-corrected chi connectivity index (χ1v) is 11.2. The molecule has 2 N–H and O–H groups in total. The number of likely N-dealkylation sites (tertiary alicyclic amines) is 1. The molecule has 9 heteroatoms. The molecule has 2 aromatic carbocycles. The van der Waals surface area contributed by atoms with Gasteiger partial charge in [0, 0.05) is 32.2 Å². The number of carbonyl (C=O) groups excluding carboxylic acids is 2. The summed E-state index contributed by atoms with van der Waals surface area (Å²) in [7, 11) is -3.68. The summed E-state index contributed by atoms with van der Waals surface area (Å²) in [5.74, 6) is -1.03. The van der Waals surface area contributed by atoms with Crippen LogP contribution in [0, 0.1) is 11.7 Å². The van der Waals surface area contributed by atoms with Crippen LogP contribution >= 0.6 is 0 Å². The Bertz CT molecular complexity index is 1020. The molecule has 0 aliphatic carbocycles. The standard InChI is InChI=1S/C21H24FN3O4S/c1-15(26)24-17-6-8-18(9-7-17)30(28,29)23-14-16-10-12-25(13-11-16)21(27)19-4-2-3-5-20(19)22/h2-9,16,23H,10-14H2,1H3,(H,24,26). The molecule has 1 fully saturated rings. The predicted octanol–water partition coefficient (Wildman–Crippen LogP) is 2.61. The maximum atomic E-state index is 13.8. The fraction of sp³-hybridized carbons (Fsp3) is 0.333. The van der Waals surface area contributed by atoms with Gasteiger partial charge in [-0.3, -0.25) is 9.59 Å². The van der Waals surface area contributed by atoms with Crippen molar-refractivity contribution in [3.63, 3.8) is 0 Å². The molecule has 0 unspecified atom stereocenters. The Balaban J connectivity index is 1.52. The second kappa shape index (κ2) is 9.36. The van der Waals surface area contributed by atoms with Crippen LogP contribution in [0.1, 0.15) is 30.1 Å². The molecule has 0 saturated carbocycles. The zero-order chi connectivity index (χ0) is 21.7. The van der Waals surface area contributed by atoms with Crippen LogP contribution in [0.4, 0.5) is 10.1 Å². The lowest BCUT2D eigenvalue weighted by Gasteiger charge is -2.32. The maximum absolute atomic E-state index is 13.8. The quantitative estimate of drug-likeness (QED) is 0.732. The largest absolute Gasteiger partial charge is 0.339 e. The van der Waals surface area contributed by atoms with Gasteiger partial charge >= 0.3 is 0 Å². The third-order valence-electron chi connectivity index (χ3n) is 5.05. The van der Waals surface area contributed by atoms with Crippen molar-refractivity contribution in [2.24, 2.45) is 5.92 Å². The van der Waals surface area contributed by atoms with Crippen molar-refractivity contribution in [1.29, 1.82) is 0 Å². The lowest BCUT2D eigenvalue weighted by molar-refractivity contribution is -0.114. The van der Waals surface area contributed by atoms with Crippen LogP contribution in [0.15, 0.2) is 53.4 Å². The van der Waals surface area contributed by atoms with Crippen molar-refractivity contribution in [3.8, 4) is 0 Å². The van der Waals surface area contributed by atoms with Crippen molar-refractivity contribution in [3.05, 3.63) is 59.9 Å². The van der Waals surface area contributed by atoms with E-state index in [1.807, 2.05) is 0 Å². The van der Waals surface area contributed by atoms with Gasteiger partial charge in [0.25, 0.3) is 5.91 Å². The van der Waals surface area contributed by atoms with Gasteiger partial charge in [-0.2, -0.15) is 0 Å². The Morgan fingerprint density at radius 1 is 1.07 bits per heavy atom. The molecule has 7 nitrogen and oxygen atoms in total. The number of sulfonamides is 1. The van der Waals surface area contributed by atoms with Crippen LogP contribution < -0.4 is 10.0 Å². The van der Waals surface area contributed by atoms with Crippen molar-refractivity contribution in [2.45, 2.75) is 24.7 Å². The summed E-state index contributed by atoms with van der Waals surface area (Å²) in [5, 5.41) is 2.59. The molecule has 1 aliphatic heterocycles. The molecule has 1 saturated heterocycles. The number of carbonyl (C=O) groups is 2. The summed E-state index contributed by atoms with van der Waals surface area (Å²) in [6.45, 7) is 2.54. The zero-order valence-electron chi connectivity index (χ0n) is 16.6. The van der Waals surface area contributed by atoms with E-state index in [0.29, 0.717) is 31.6 Å². The first-order valence-electron chi connectivity index (χ1n) is 9.67. The summed E-state index contributed by atoms with van der Waals surface area (Å²) in [6, 6.07) is 11.8. The van der Waals surface area contributed by atoms with Crippen LogP contribution in [0.3, 0.4) is 0 Å². The van der Waals surface area contributed by atoms with E-state index in [0.717, 1.165) is 0 Å². The number of halogens is 1. The smallest absolute Gasteiger partial charge is 0.256 e. The van der Waals surface area contributed by atoms with E-state index >= 15 is 0 Å². The Hall–Kier alpha value is -2.78. The van der Waals surface area contributed by atoms with Crippen LogP contribution in [0.2, 0.25) is 0 Å². The molecule has 0 aromatic heterocycles. The van der Waals surface area contributed by atoms with Crippen molar-refractivity contribution in [2.75, 3.05) is 25.0 Å². The molecule has 0 spiro atoms. The number of nitrogens with zero attached hydrogens (tertiary/aromatic N) is 1. The summed E-state index contributed by atoms with van der Waals surface area (Å²) in [5.41, 5.74) is 0.577. The normalized spacial score (nSPS) is 15.1. The van der Waals surface area contributed by atoms with Gasteiger partial charge in [-0.25, -0.2) is 17.5 Å². The van der Waals surface area contributed by atoms with Crippen molar-refractivity contribution >= 4 is 27.5 Å². The van der Waals surface area contributed by atoms with Crippen molar-refractivity contribution in [1.82, 2.24) is 9.62 Å². The fourth-order valence-corrected chi connectivity index (χ4v) is 4.49. The van der Waals surface area contributed by atoms with Crippen LogP contribution in [0.5, 0.6) is 0 Å². The number of piperidine rings is 1. The van der Waals surface area contributed by atoms with E-state index < -0.39 is 15.8 Å². The molecule has 0 atom stereocenters. The molecule has 30 heavy (non-hydrogen) atoms. The summed E-state index contributed by atoms with van der Waals surface area (Å²) in [4.78, 5) is 25.2. The minimum Gasteiger partial charge on any atom is -0.339 e. The number of nitrogens with one attached hydrogen (secondary N) is 2. The van der Waals surface area contributed by atoms with E-state index in [-0.39, 0.29) is 34.7 Å². The fourth-order valence-electron chi connectivity index (χ4n) is 3.38. The molecule has 2 amide bonds. The number of anilines is 1. The summed E-state index contributed by atoms with van der Waals surface area (Å²) >= 11 is 0. The second-order valence-corrected chi connectivity index (χ2v) is 9.04. The molecule has 0 bridgehead atoms. The highest BCUT2D eigenvalue weighted by atomic mass is 32.2. The van der Waals surface area contributed by atoms with Gasteiger partial charge in [0.05, 0.1) is 10.5 Å². The third-order valence-corrected chi connectivity index (χ3v) is 6.49. The number of amides is 2. The lowest BCUT2D eigenvalue weighted by atomic mass is 9.96. The monoisotopic (exact) mass is 433 g/mol. The second-order valence-electron chi connectivity index (χ2n) is 7.27.